The predicted octanol–water partition coefficient (Wildman–Crippen LogP) is 4.63. The number of hydrogen-bond acceptors (Lipinski definition) is 4. The first-order valence-corrected chi connectivity index (χ1v) is 8.60. The topological polar surface area (TPSA) is 61.2 Å². The molecule has 0 saturated carbocycles. The van der Waals surface area contributed by atoms with Gasteiger partial charge in [-0.3, -0.25) is 4.79 Å². The summed E-state index contributed by atoms with van der Waals surface area (Å²) < 4.78 is 20.6. The van der Waals surface area contributed by atoms with Crippen LogP contribution >= 0.6 is 0 Å². The van der Waals surface area contributed by atoms with E-state index in [9.17, 15) is 14.0 Å². The highest BCUT2D eigenvalue weighted by atomic mass is 19.1. The Labute approximate surface area is 152 Å². The number of aromatic nitrogens is 2. The van der Waals surface area contributed by atoms with Crippen molar-refractivity contribution in [2.24, 2.45) is 5.41 Å². The number of Topliss-reactive ketones (excluding diaryl/α,β-unsaturated/α-hetero) is 1. The number of ether oxygens (including phenoxy) is 1. The summed E-state index contributed by atoms with van der Waals surface area (Å²) in [7, 11) is 0. The number of pyridine rings is 1. The molecule has 6 heteroatoms. The molecule has 0 saturated heterocycles. The fourth-order valence-electron chi connectivity index (χ4n) is 3.30. The molecular weight excluding hydrogens is 335 g/mol. The Balaban J connectivity index is 2.22. The van der Waals surface area contributed by atoms with E-state index in [1.165, 1.54) is 16.8 Å². The minimum Gasteiger partial charge on any atom is -0.443 e. The molecule has 3 rings (SSSR count). The highest BCUT2D eigenvalue weighted by Crippen LogP contribution is 2.39. The zero-order chi connectivity index (χ0) is 19.3. The van der Waals surface area contributed by atoms with E-state index in [2.05, 4.69) is 4.98 Å². The highest BCUT2D eigenvalue weighted by molar-refractivity contribution is 6.01. The number of fused-ring (bicyclic) bond motifs is 1. The summed E-state index contributed by atoms with van der Waals surface area (Å²) >= 11 is 0. The van der Waals surface area contributed by atoms with Crippen molar-refractivity contribution in [3.63, 3.8) is 0 Å². The Morgan fingerprint density at radius 3 is 2.58 bits per heavy atom. The molecule has 26 heavy (non-hydrogen) atoms. The summed E-state index contributed by atoms with van der Waals surface area (Å²) in [5, 5.41) is 0. The van der Waals surface area contributed by atoms with E-state index in [1.807, 2.05) is 13.8 Å². The largest absolute Gasteiger partial charge is 0.443 e. The van der Waals surface area contributed by atoms with Gasteiger partial charge in [0.2, 0.25) is 5.95 Å². The Bertz CT molecular complexity index is 891. The van der Waals surface area contributed by atoms with Crippen LogP contribution in [0, 0.1) is 11.4 Å². The van der Waals surface area contributed by atoms with Crippen LogP contribution < -0.4 is 0 Å². The van der Waals surface area contributed by atoms with Crippen LogP contribution in [0.5, 0.6) is 0 Å². The van der Waals surface area contributed by atoms with Crippen LogP contribution in [-0.2, 0) is 11.2 Å². The van der Waals surface area contributed by atoms with Crippen molar-refractivity contribution in [1.82, 2.24) is 9.55 Å². The molecule has 0 N–H and O–H groups in total. The van der Waals surface area contributed by atoms with Crippen LogP contribution in [0.15, 0.2) is 24.4 Å². The van der Waals surface area contributed by atoms with E-state index in [1.54, 1.807) is 32.9 Å². The maximum Gasteiger partial charge on any atom is 0.419 e. The standard InChI is InChI=1S/C20H23FN2O3/c1-19(2,3)26-18(25)23-14(12-6-7-22-17(21)8-12)9-13-15(23)10-20(4,5)11-16(13)24/h6-9H,10-11H2,1-5H3. The van der Waals surface area contributed by atoms with Crippen LogP contribution in [0.3, 0.4) is 0 Å². The lowest BCUT2D eigenvalue weighted by atomic mass is 9.76. The number of ketones is 1. The molecule has 0 atom stereocenters. The lowest BCUT2D eigenvalue weighted by Crippen LogP contribution is -2.32. The molecule has 0 radical (unpaired) electrons. The third-order valence-electron chi connectivity index (χ3n) is 4.29. The van der Waals surface area contributed by atoms with Gasteiger partial charge in [-0.25, -0.2) is 14.3 Å². The Morgan fingerprint density at radius 2 is 1.96 bits per heavy atom. The average molecular weight is 358 g/mol. The number of rotatable bonds is 1. The van der Waals surface area contributed by atoms with E-state index >= 15 is 0 Å². The maximum atomic E-state index is 13.6. The molecule has 2 aromatic rings. The molecule has 2 aromatic heterocycles. The maximum absolute atomic E-state index is 13.6. The summed E-state index contributed by atoms with van der Waals surface area (Å²) in [6, 6.07) is 4.52. The molecule has 0 amide bonds. The lowest BCUT2D eigenvalue weighted by Gasteiger charge is -2.30. The summed E-state index contributed by atoms with van der Waals surface area (Å²) in [6.45, 7) is 9.32. The molecule has 0 unspecified atom stereocenters. The van der Waals surface area contributed by atoms with Gasteiger partial charge in [-0.05, 0) is 44.7 Å². The van der Waals surface area contributed by atoms with Crippen LogP contribution in [0.1, 0.15) is 57.1 Å². The third kappa shape index (κ3) is 3.54. The fraction of sp³-hybridized carbons (Fsp3) is 0.450. The number of halogens is 1. The third-order valence-corrected chi connectivity index (χ3v) is 4.29. The van der Waals surface area contributed by atoms with E-state index < -0.39 is 17.6 Å². The van der Waals surface area contributed by atoms with Crippen molar-refractivity contribution in [3.8, 4) is 11.3 Å². The van der Waals surface area contributed by atoms with Gasteiger partial charge in [0.1, 0.15) is 5.60 Å². The number of carbonyl (C=O) groups excluding carboxylic acids is 2. The minimum absolute atomic E-state index is 0.0191. The van der Waals surface area contributed by atoms with Crippen molar-refractivity contribution in [3.05, 3.63) is 41.6 Å². The first-order valence-electron chi connectivity index (χ1n) is 8.60. The van der Waals surface area contributed by atoms with Gasteiger partial charge in [0, 0.05) is 35.5 Å². The van der Waals surface area contributed by atoms with Crippen LogP contribution in [0.25, 0.3) is 11.3 Å². The van der Waals surface area contributed by atoms with Crippen molar-refractivity contribution < 1.29 is 18.7 Å². The van der Waals surface area contributed by atoms with Crippen molar-refractivity contribution in [1.29, 1.82) is 0 Å². The predicted molar refractivity (Wildman–Crippen MR) is 95.7 cm³/mol. The molecule has 2 heterocycles. The normalized spacial score (nSPS) is 16.3. The molecule has 0 bridgehead atoms. The van der Waals surface area contributed by atoms with Gasteiger partial charge in [-0.2, -0.15) is 4.39 Å². The molecule has 1 aliphatic rings. The van der Waals surface area contributed by atoms with Gasteiger partial charge >= 0.3 is 6.09 Å². The van der Waals surface area contributed by atoms with Crippen molar-refractivity contribution >= 4 is 11.9 Å². The molecule has 0 aliphatic heterocycles. The molecule has 138 valence electrons. The molecular formula is C20H23FN2O3. The smallest absolute Gasteiger partial charge is 0.419 e. The van der Waals surface area contributed by atoms with Gasteiger partial charge in [0.25, 0.3) is 0 Å². The van der Waals surface area contributed by atoms with E-state index in [0.29, 0.717) is 35.4 Å². The second-order valence-electron chi connectivity index (χ2n) is 8.51. The first kappa shape index (κ1) is 18.3. The molecule has 1 aliphatic carbocycles. The number of nitrogens with zero attached hydrogens (tertiary/aromatic N) is 2. The second-order valence-corrected chi connectivity index (χ2v) is 8.51. The molecule has 0 fully saturated rings. The fourth-order valence-corrected chi connectivity index (χ4v) is 3.30. The van der Waals surface area contributed by atoms with Crippen LogP contribution in [0.2, 0.25) is 0 Å². The average Bonchev–Trinajstić information content (AvgIpc) is 2.83. The summed E-state index contributed by atoms with van der Waals surface area (Å²) in [6.07, 6.45) is 1.72. The van der Waals surface area contributed by atoms with Crippen LogP contribution in [-0.4, -0.2) is 27.0 Å². The van der Waals surface area contributed by atoms with Crippen LogP contribution in [0.4, 0.5) is 9.18 Å². The first-order chi connectivity index (χ1) is 12.0. The van der Waals surface area contributed by atoms with E-state index in [4.69, 9.17) is 4.74 Å². The quantitative estimate of drug-likeness (QED) is 0.698. The summed E-state index contributed by atoms with van der Waals surface area (Å²) in [5.74, 6) is -0.668. The number of carbonyl (C=O) groups is 2. The zero-order valence-corrected chi connectivity index (χ0v) is 15.7. The highest BCUT2D eigenvalue weighted by Gasteiger charge is 2.37. The van der Waals surface area contributed by atoms with E-state index in [-0.39, 0.29) is 11.2 Å². The van der Waals surface area contributed by atoms with E-state index in [0.717, 1.165) is 0 Å². The number of hydrogen-bond donors (Lipinski definition) is 0. The van der Waals surface area contributed by atoms with Gasteiger partial charge in [0.05, 0.1) is 5.69 Å². The Hall–Kier alpha value is -2.50. The minimum atomic E-state index is -0.691. The monoisotopic (exact) mass is 358 g/mol. The molecule has 0 aromatic carbocycles. The lowest BCUT2D eigenvalue weighted by molar-refractivity contribution is 0.0532. The summed E-state index contributed by atoms with van der Waals surface area (Å²) in [5.41, 5.74) is 1.08. The van der Waals surface area contributed by atoms with Crippen molar-refractivity contribution in [2.45, 2.75) is 53.1 Å². The van der Waals surface area contributed by atoms with Gasteiger partial charge < -0.3 is 4.74 Å². The van der Waals surface area contributed by atoms with Crippen molar-refractivity contribution in [2.75, 3.05) is 0 Å². The molecule has 0 spiro atoms. The van der Waals surface area contributed by atoms with Gasteiger partial charge in [0.15, 0.2) is 5.78 Å². The van der Waals surface area contributed by atoms with Gasteiger partial charge in [-0.1, -0.05) is 13.8 Å². The second kappa shape index (κ2) is 6.04. The SMILES string of the molecule is CC1(C)CC(=O)c2cc(-c3ccnc(F)c3)n(C(=O)OC(C)(C)C)c2C1. The molecule has 5 nitrogen and oxygen atoms in total. The zero-order valence-electron chi connectivity index (χ0n) is 15.7. The summed E-state index contributed by atoms with van der Waals surface area (Å²) in [4.78, 5) is 29.1. The van der Waals surface area contributed by atoms with Gasteiger partial charge in [-0.15, -0.1) is 0 Å². The Kier molecular flexibility index (Phi) is 4.25. The Morgan fingerprint density at radius 1 is 1.27 bits per heavy atom.